The van der Waals surface area contributed by atoms with Crippen molar-refractivity contribution in [3.8, 4) is 11.5 Å². The highest BCUT2D eigenvalue weighted by molar-refractivity contribution is 5.70. The lowest BCUT2D eigenvalue weighted by Crippen LogP contribution is -2.57. The van der Waals surface area contributed by atoms with Crippen molar-refractivity contribution >= 4 is 11.9 Å². The molecule has 0 radical (unpaired) electrons. The van der Waals surface area contributed by atoms with Gasteiger partial charge in [0.15, 0.2) is 12.6 Å². The second-order valence-corrected chi connectivity index (χ2v) is 17.9. The highest BCUT2D eigenvalue weighted by Crippen LogP contribution is 2.39. The minimum atomic E-state index is -0.588. The van der Waals surface area contributed by atoms with Gasteiger partial charge in [-0.1, -0.05) is 93.5 Å². The van der Waals surface area contributed by atoms with Crippen LogP contribution in [-0.4, -0.2) is 74.4 Å². The number of phenolic OH excluding ortho intramolecular Hbond substituents is 2. The van der Waals surface area contributed by atoms with Gasteiger partial charge in [0, 0.05) is 23.7 Å². The summed E-state index contributed by atoms with van der Waals surface area (Å²) in [5.74, 6) is -0.0512. The molecule has 1 spiro atoms. The highest BCUT2D eigenvalue weighted by Gasteiger charge is 2.48. The van der Waals surface area contributed by atoms with Crippen molar-refractivity contribution in [3.63, 3.8) is 0 Å². The van der Waals surface area contributed by atoms with E-state index in [0.717, 1.165) is 35.1 Å². The molecule has 2 heterocycles. The molecule has 2 aliphatic heterocycles. The first-order chi connectivity index (χ1) is 24.7. The molecule has 4 rings (SSSR count). The van der Waals surface area contributed by atoms with Crippen LogP contribution in [0, 0.1) is 16.2 Å². The lowest BCUT2D eigenvalue weighted by Gasteiger charge is -2.48. The fourth-order valence-electron chi connectivity index (χ4n) is 6.51. The number of phenols is 2. The summed E-state index contributed by atoms with van der Waals surface area (Å²) in [7, 11) is 0. The summed E-state index contributed by atoms with van der Waals surface area (Å²) in [5.41, 5.74) is 1.75. The van der Waals surface area contributed by atoms with Crippen LogP contribution in [0.4, 0.5) is 0 Å². The van der Waals surface area contributed by atoms with Crippen molar-refractivity contribution < 1.29 is 48.2 Å². The van der Waals surface area contributed by atoms with E-state index in [1.807, 2.05) is 52.0 Å². The number of carbonyl (C=O) groups excluding carboxylic acids is 2. The SMILES string of the molecule is CCC(C)(C)c1cc(CCC(=O)OCC(C)(C)C2OCC3(CO2)COC(C(C)(C)COC(=O)CCc2ccc(O)c(C(C)(C)CC)c2)OC3)ccc1O. The van der Waals surface area contributed by atoms with Gasteiger partial charge in [-0.15, -0.1) is 0 Å². The Bertz CT molecular complexity index is 1420. The number of hydrogen-bond acceptors (Lipinski definition) is 10. The van der Waals surface area contributed by atoms with E-state index in [-0.39, 0.29) is 60.3 Å². The van der Waals surface area contributed by atoms with Crippen LogP contribution < -0.4 is 0 Å². The first kappa shape index (κ1) is 42.6. The van der Waals surface area contributed by atoms with E-state index in [9.17, 15) is 19.8 Å². The third-order valence-electron chi connectivity index (χ3n) is 11.2. The van der Waals surface area contributed by atoms with Crippen LogP contribution >= 0.6 is 0 Å². The summed E-state index contributed by atoms with van der Waals surface area (Å²) >= 11 is 0. The van der Waals surface area contributed by atoms with Gasteiger partial charge in [-0.3, -0.25) is 9.59 Å². The maximum atomic E-state index is 12.7. The smallest absolute Gasteiger partial charge is 0.306 e. The Morgan fingerprint density at radius 1 is 0.642 bits per heavy atom. The Labute approximate surface area is 316 Å². The molecule has 0 amide bonds. The molecule has 2 fully saturated rings. The quantitative estimate of drug-likeness (QED) is 0.164. The number of esters is 2. The monoisotopic (exact) mass is 740 g/mol. The molecule has 10 nitrogen and oxygen atoms in total. The van der Waals surface area contributed by atoms with Gasteiger partial charge in [0.2, 0.25) is 0 Å². The zero-order valence-electron chi connectivity index (χ0n) is 33.8. The molecule has 0 saturated carbocycles. The zero-order valence-corrected chi connectivity index (χ0v) is 33.8. The second kappa shape index (κ2) is 17.1. The van der Waals surface area contributed by atoms with Crippen molar-refractivity contribution in [1.82, 2.24) is 0 Å². The molecule has 0 aromatic heterocycles. The molecule has 0 atom stereocenters. The largest absolute Gasteiger partial charge is 0.508 e. The van der Waals surface area contributed by atoms with Gasteiger partial charge in [0.05, 0.1) is 31.8 Å². The Kier molecular flexibility index (Phi) is 13.7. The van der Waals surface area contributed by atoms with Crippen LogP contribution in [0.25, 0.3) is 0 Å². The normalized spacial score (nSPS) is 21.4. The zero-order chi connectivity index (χ0) is 39.2. The first-order valence-corrected chi connectivity index (χ1v) is 19.1. The molecule has 296 valence electrons. The third-order valence-corrected chi connectivity index (χ3v) is 11.2. The molecule has 2 aromatic carbocycles. The summed E-state index contributed by atoms with van der Waals surface area (Å²) in [6.07, 6.45) is 2.12. The molecule has 0 aliphatic carbocycles. The molecular weight excluding hydrogens is 676 g/mol. The molecule has 0 bridgehead atoms. The lowest BCUT2D eigenvalue weighted by molar-refractivity contribution is -0.337. The van der Waals surface area contributed by atoms with Gasteiger partial charge < -0.3 is 38.6 Å². The molecule has 2 N–H and O–H groups in total. The maximum absolute atomic E-state index is 12.7. The second-order valence-electron chi connectivity index (χ2n) is 17.9. The van der Waals surface area contributed by atoms with Crippen LogP contribution in [0.3, 0.4) is 0 Å². The Morgan fingerprint density at radius 3 is 1.30 bits per heavy atom. The van der Waals surface area contributed by atoms with Crippen molar-refractivity contribution in [2.24, 2.45) is 16.2 Å². The van der Waals surface area contributed by atoms with E-state index in [1.54, 1.807) is 12.1 Å². The number of rotatable bonds is 16. The summed E-state index contributed by atoms with van der Waals surface area (Å²) in [6, 6.07) is 11.1. The molecular formula is C43H64O10. The van der Waals surface area contributed by atoms with Gasteiger partial charge in [-0.25, -0.2) is 0 Å². The number of carbonyl (C=O) groups is 2. The van der Waals surface area contributed by atoms with Gasteiger partial charge in [-0.2, -0.15) is 0 Å². The number of aromatic hydroxyl groups is 2. The van der Waals surface area contributed by atoms with E-state index in [0.29, 0.717) is 39.3 Å². The number of ether oxygens (including phenoxy) is 6. The van der Waals surface area contributed by atoms with E-state index in [1.165, 1.54) is 0 Å². The summed E-state index contributed by atoms with van der Waals surface area (Å²) in [6.45, 7) is 22.1. The maximum Gasteiger partial charge on any atom is 0.306 e. The van der Waals surface area contributed by atoms with Crippen LogP contribution in [0.15, 0.2) is 36.4 Å². The predicted molar refractivity (Wildman–Crippen MR) is 203 cm³/mol. The average Bonchev–Trinajstić information content (AvgIpc) is 3.12. The molecule has 2 saturated heterocycles. The van der Waals surface area contributed by atoms with Crippen LogP contribution in [0.1, 0.15) is 117 Å². The molecule has 2 aliphatic rings. The van der Waals surface area contributed by atoms with Gasteiger partial charge in [0.25, 0.3) is 0 Å². The Morgan fingerprint density at radius 2 is 0.981 bits per heavy atom. The number of benzene rings is 2. The lowest BCUT2D eigenvalue weighted by atomic mass is 9.81. The van der Waals surface area contributed by atoms with Crippen LogP contribution in [0.5, 0.6) is 11.5 Å². The molecule has 2 aromatic rings. The van der Waals surface area contributed by atoms with Crippen molar-refractivity contribution in [3.05, 3.63) is 58.7 Å². The Balaban J connectivity index is 1.17. The highest BCUT2D eigenvalue weighted by atomic mass is 16.7. The standard InChI is InChI=1S/C43H64O10/c1-11-39(3,4)31-21-29(13-17-33(31)44)15-19-35(46)48-23-41(7,8)37-50-25-43(26-51-37)27-52-38(53-28-43)42(9,10)24-49-36(47)20-16-30-14-18-34(45)32(22-30)40(5,6)12-2/h13-14,17-18,21-22,37-38,44-45H,11-12,15-16,19-20,23-28H2,1-10H3. The van der Waals surface area contributed by atoms with Gasteiger partial charge in [0.1, 0.15) is 24.7 Å². The van der Waals surface area contributed by atoms with Crippen molar-refractivity contribution in [2.75, 3.05) is 39.6 Å². The topological polar surface area (TPSA) is 130 Å². The van der Waals surface area contributed by atoms with Crippen LogP contribution in [-0.2, 0) is 61.7 Å². The van der Waals surface area contributed by atoms with Crippen LogP contribution in [0.2, 0.25) is 0 Å². The average molecular weight is 741 g/mol. The minimum Gasteiger partial charge on any atom is -0.508 e. The van der Waals surface area contributed by atoms with Crippen molar-refractivity contribution in [2.45, 2.75) is 131 Å². The van der Waals surface area contributed by atoms with E-state index >= 15 is 0 Å². The van der Waals surface area contributed by atoms with Crippen molar-refractivity contribution in [1.29, 1.82) is 0 Å². The van der Waals surface area contributed by atoms with E-state index in [2.05, 4.69) is 41.5 Å². The molecule has 53 heavy (non-hydrogen) atoms. The summed E-state index contributed by atoms with van der Waals surface area (Å²) in [4.78, 5) is 25.4. The van der Waals surface area contributed by atoms with E-state index < -0.39 is 28.8 Å². The summed E-state index contributed by atoms with van der Waals surface area (Å²) in [5, 5.41) is 20.7. The van der Waals surface area contributed by atoms with Gasteiger partial charge >= 0.3 is 11.9 Å². The first-order valence-electron chi connectivity index (χ1n) is 19.1. The fourth-order valence-corrected chi connectivity index (χ4v) is 6.51. The fraction of sp³-hybridized carbons (Fsp3) is 0.674. The van der Waals surface area contributed by atoms with E-state index in [4.69, 9.17) is 28.4 Å². The predicted octanol–water partition coefficient (Wildman–Crippen LogP) is 7.91. The summed E-state index contributed by atoms with van der Waals surface area (Å²) < 4.78 is 36.1. The minimum absolute atomic E-state index is 0.141. The Hall–Kier alpha value is -3.18. The molecule has 10 heteroatoms. The third kappa shape index (κ3) is 11.0. The molecule has 0 unspecified atom stereocenters. The number of aryl methyl sites for hydroxylation is 2. The van der Waals surface area contributed by atoms with Gasteiger partial charge in [-0.05, 0) is 70.9 Å². The number of hydrogen-bond donors (Lipinski definition) is 2.